The van der Waals surface area contributed by atoms with E-state index in [-0.39, 0.29) is 0 Å². The molecule has 1 rings (SSSR count). The van der Waals surface area contributed by atoms with Crippen molar-refractivity contribution in [3.8, 4) is 0 Å². The number of hydrogen-bond donors (Lipinski definition) is 1. The van der Waals surface area contributed by atoms with E-state index in [2.05, 4.69) is 9.97 Å². The molecule has 0 aromatic carbocycles. The van der Waals surface area contributed by atoms with Gasteiger partial charge in [-0.1, -0.05) is 0 Å². The van der Waals surface area contributed by atoms with Crippen molar-refractivity contribution in [2.75, 3.05) is 12.1 Å². The molecular formula is C7H12N4. The summed E-state index contributed by atoms with van der Waals surface area (Å²) >= 11 is 0. The lowest BCUT2D eigenvalue weighted by Gasteiger charge is -2.10. The topological polar surface area (TPSA) is 55.0 Å². The lowest BCUT2D eigenvalue weighted by atomic mass is 10.4. The first kappa shape index (κ1) is 7.94. The first-order valence-corrected chi connectivity index (χ1v) is 3.40. The van der Waals surface area contributed by atoms with Crippen LogP contribution in [-0.4, -0.2) is 17.0 Å². The van der Waals surface area contributed by atoms with Gasteiger partial charge in [-0.25, -0.2) is 15.8 Å². The number of nitrogens with zero attached hydrogens (tertiary/aromatic N) is 3. The van der Waals surface area contributed by atoms with Crippen LogP contribution in [0.25, 0.3) is 0 Å². The van der Waals surface area contributed by atoms with E-state index in [9.17, 15) is 0 Å². The fraction of sp³-hybridized carbons (Fsp3) is 0.429. The molecule has 0 bridgehead atoms. The Morgan fingerprint density at radius 2 is 1.73 bits per heavy atom. The highest BCUT2D eigenvalue weighted by Crippen LogP contribution is 2.04. The Balaban J connectivity index is 3.08. The van der Waals surface area contributed by atoms with E-state index in [0.29, 0.717) is 5.95 Å². The van der Waals surface area contributed by atoms with Crippen LogP contribution >= 0.6 is 0 Å². The minimum absolute atomic E-state index is 0.558. The molecule has 4 heteroatoms. The second-order valence-corrected chi connectivity index (χ2v) is 2.56. The van der Waals surface area contributed by atoms with Crippen molar-refractivity contribution in [2.24, 2.45) is 5.84 Å². The van der Waals surface area contributed by atoms with Crippen molar-refractivity contribution < 1.29 is 0 Å². The molecule has 0 spiro atoms. The third-order valence-electron chi connectivity index (χ3n) is 1.29. The number of aryl methyl sites for hydroxylation is 2. The minimum Gasteiger partial charge on any atom is -0.282 e. The third kappa shape index (κ3) is 1.88. The molecule has 1 heterocycles. The van der Waals surface area contributed by atoms with Gasteiger partial charge in [0.1, 0.15) is 0 Å². The lowest BCUT2D eigenvalue weighted by molar-refractivity contribution is 0.903. The zero-order chi connectivity index (χ0) is 8.43. The van der Waals surface area contributed by atoms with Crippen LogP contribution in [0.4, 0.5) is 5.95 Å². The van der Waals surface area contributed by atoms with Gasteiger partial charge in [-0.2, -0.15) is 0 Å². The Kier molecular flexibility index (Phi) is 2.05. The van der Waals surface area contributed by atoms with Gasteiger partial charge >= 0.3 is 0 Å². The molecule has 0 amide bonds. The molecule has 1 aromatic rings. The van der Waals surface area contributed by atoms with Gasteiger partial charge in [0.2, 0.25) is 5.95 Å². The van der Waals surface area contributed by atoms with Crippen molar-refractivity contribution in [1.29, 1.82) is 0 Å². The molecular weight excluding hydrogens is 140 g/mol. The fourth-order valence-corrected chi connectivity index (χ4v) is 0.865. The minimum atomic E-state index is 0.558. The van der Waals surface area contributed by atoms with E-state index >= 15 is 0 Å². The molecule has 11 heavy (non-hydrogen) atoms. The van der Waals surface area contributed by atoms with Crippen molar-refractivity contribution in [3.63, 3.8) is 0 Å². The molecule has 2 N–H and O–H groups in total. The average Bonchev–Trinajstić information content (AvgIpc) is 1.85. The van der Waals surface area contributed by atoms with Crippen LogP contribution in [0.5, 0.6) is 0 Å². The maximum Gasteiger partial charge on any atom is 0.239 e. The Bertz CT molecular complexity index is 236. The number of rotatable bonds is 1. The van der Waals surface area contributed by atoms with Gasteiger partial charge in [-0.15, -0.1) is 0 Å². The Labute approximate surface area is 66.0 Å². The summed E-state index contributed by atoms with van der Waals surface area (Å²) in [5.74, 6) is 6.02. The predicted octanol–water partition coefficient (Wildman–Crippen LogP) is 0.403. The number of aromatic nitrogens is 2. The van der Waals surface area contributed by atoms with Crippen molar-refractivity contribution in [2.45, 2.75) is 13.8 Å². The van der Waals surface area contributed by atoms with Crippen LogP contribution in [0, 0.1) is 13.8 Å². The number of anilines is 1. The second kappa shape index (κ2) is 2.84. The van der Waals surface area contributed by atoms with Gasteiger partial charge in [0.25, 0.3) is 0 Å². The molecule has 0 radical (unpaired) electrons. The molecule has 0 fully saturated rings. The van der Waals surface area contributed by atoms with Crippen LogP contribution < -0.4 is 10.9 Å². The summed E-state index contributed by atoms with van der Waals surface area (Å²) in [6, 6.07) is 1.91. The van der Waals surface area contributed by atoms with E-state index in [1.54, 1.807) is 7.05 Å². The fourth-order valence-electron chi connectivity index (χ4n) is 0.865. The quantitative estimate of drug-likeness (QED) is 0.467. The van der Waals surface area contributed by atoms with Gasteiger partial charge in [-0.3, -0.25) is 5.01 Å². The molecule has 60 valence electrons. The first-order valence-electron chi connectivity index (χ1n) is 3.40. The number of nitrogens with two attached hydrogens (primary N) is 1. The molecule has 0 atom stereocenters. The summed E-state index contributed by atoms with van der Waals surface area (Å²) in [7, 11) is 1.72. The molecule has 0 unspecified atom stereocenters. The SMILES string of the molecule is Cc1cc(C)nc(N(C)N)n1. The molecule has 1 aromatic heterocycles. The second-order valence-electron chi connectivity index (χ2n) is 2.56. The summed E-state index contributed by atoms with van der Waals surface area (Å²) in [5, 5.41) is 1.40. The van der Waals surface area contributed by atoms with E-state index in [0.717, 1.165) is 11.4 Å². The molecule has 0 saturated heterocycles. The van der Waals surface area contributed by atoms with Crippen LogP contribution in [0.15, 0.2) is 6.07 Å². The smallest absolute Gasteiger partial charge is 0.239 e. The number of hydrazine groups is 1. The van der Waals surface area contributed by atoms with Crippen LogP contribution in [0.3, 0.4) is 0 Å². The van der Waals surface area contributed by atoms with Crippen LogP contribution in [0.1, 0.15) is 11.4 Å². The first-order chi connectivity index (χ1) is 5.09. The van der Waals surface area contributed by atoms with Gasteiger partial charge < -0.3 is 0 Å². The van der Waals surface area contributed by atoms with Crippen molar-refractivity contribution in [1.82, 2.24) is 9.97 Å². The van der Waals surface area contributed by atoms with Crippen molar-refractivity contribution in [3.05, 3.63) is 17.5 Å². The number of hydrogen-bond acceptors (Lipinski definition) is 4. The van der Waals surface area contributed by atoms with E-state index in [1.807, 2.05) is 19.9 Å². The van der Waals surface area contributed by atoms with E-state index in [4.69, 9.17) is 5.84 Å². The lowest BCUT2D eigenvalue weighted by Crippen LogP contribution is -2.27. The summed E-state index contributed by atoms with van der Waals surface area (Å²) < 4.78 is 0. The summed E-state index contributed by atoms with van der Waals surface area (Å²) in [5.41, 5.74) is 1.87. The standard InChI is InChI=1S/C7H12N4/c1-5-4-6(2)10-7(9-5)11(3)8/h4H,8H2,1-3H3. The van der Waals surface area contributed by atoms with Crippen LogP contribution in [0.2, 0.25) is 0 Å². The molecule has 0 saturated carbocycles. The Hall–Kier alpha value is -1.16. The molecule has 0 aliphatic carbocycles. The van der Waals surface area contributed by atoms with Crippen LogP contribution in [-0.2, 0) is 0 Å². The maximum atomic E-state index is 5.46. The average molecular weight is 152 g/mol. The zero-order valence-corrected chi connectivity index (χ0v) is 7.00. The highest BCUT2D eigenvalue weighted by molar-refractivity contribution is 5.28. The maximum absolute atomic E-state index is 5.46. The summed E-state index contributed by atoms with van der Waals surface area (Å²) in [6.07, 6.45) is 0. The summed E-state index contributed by atoms with van der Waals surface area (Å²) in [4.78, 5) is 8.25. The van der Waals surface area contributed by atoms with Gasteiger partial charge in [0.05, 0.1) is 0 Å². The molecule has 0 aliphatic heterocycles. The monoisotopic (exact) mass is 152 g/mol. The Morgan fingerprint density at radius 1 is 1.27 bits per heavy atom. The largest absolute Gasteiger partial charge is 0.282 e. The van der Waals surface area contributed by atoms with E-state index < -0.39 is 0 Å². The zero-order valence-electron chi connectivity index (χ0n) is 7.00. The van der Waals surface area contributed by atoms with Gasteiger partial charge in [-0.05, 0) is 19.9 Å². The third-order valence-corrected chi connectivity index (χ3v) is 1.29. The summed E-state index contributed by atoms with van der Waals surface area (Å²) in [6.45, 7) is 3.84. The highest BCUT2D eigenvalue weighted by Gasteiger charge is 1.99. The highest BCUT2D eigenvalue weighted by atomic mass is 15.4. The van der Waals surface area contributed by atoms with Gasteiger partial charge in [0.15, 0.2) is 0 Å². The normalized spacial score (nSPS) is 9.82. The molecule has 4 nitrogen and oxygen atoms in total. The Morgan fingerprint density at radius 3 is 2.09 bits per heavy atom. The molecule has 0 aliphatic rings. The van der Waals surface area contributed by atoms with Gasteiger partial charge in [0, 0.05) is 18.4 Å². The predicted molar refractivity (Wildman–Crippen MR) is 44.1 cm³/mol. The van der Waals surface area contributed by atoms with Crippen molar-refractivity contribution >= 4 is 5.95 Å². The van der Waals surface area contributed by atoms with E-state index in [1.165, 1.54) is 5.01 Å².